The van der Waals surface area contributed by atoms with Crippen LogP contribution < -0.4 is 15.5 Å². The Morgan fingerprint density at radius 3 is 2.78 bits per heavy atom. The van der Waals surface area contributed by atoms with Crippen LogP contribution in [0.15, 0.2) is 33.5 Å². The molecule has 0 aliphatic rings. The fourth-order valence-corrected chi connectivity index (χ4v) is 1.53. The van der Waals surface area contributed by atoms with Gasteiger partial charge in [-0.25, -0.2) is 0 Å². The van der Waals surface area contributed by atoms with Gasteiger partial charge in [0.25, 0.3) is 5.91 Å². The van der Waals surface area contributed by atoms with E-state index in [2.05, 4.69) is 5.32 Å². The Bertz CT molecular complexity index is 674. The number of para-hydroxylation sites is 1. The predicted octanol–water partition coefficient (Wildman–Crippen LogP) is 0.939. The maximum Gasteiger partial charge on any atom is 0.290 e. The van der Waals surface area contributed by atoms with Gasteiger partial charge < -0.3 is 9.15 Å². The van der Waals surface area contributed by atoms with Gasteiger partial charge in [-0.2, -0.15) is 0 Å². The number of nitrogens with one attached hydrogen (secondary N) is 1. The molecule has 6 nitrogen and oxygen atoms in total. The van der Waals surface area contributed by atoms with Gasteiger partial charge in [-0.1, -0.05) is 12.1 Å². The van der Waals surface area contributed by atoms with Crippen LogP contribution in [0.4, 0.5) is 5.88 Å². The minimum Gasteiger partial charge on any atom is -0.488 e. The largest absolute Gasteiger partial charge is 0.488 e. The molecule has 2 aromatic rings. The van der Waals surface area contributed by atoms with Crippen molar-refractivity contribution >= 4 is 29.0 Å². The van der Waals surface area contributed by atoms with E-state index >= 15 is 0 Å². The first kappa shape index (κ1) is 11.8. The van der Waals surface area contributed by atoms with Crippen molar-refractivity contribution in [3.63, 3.8) is 0 Å². The Hall–Kier alpha value is -2.63. The molecule has 92 valence electrons. The molecule has 2 rings (SSSR count). The molecule has 1 aromatic heterocycles. The van der Waals surface area contributed by atoms with Gasteiger partial charge in [0.2, 0.25) is 23.3 Å². The SMILES string of the molecule is COc1c(NC(=O)C=O)oc2ccccc2c1=O. The summed E-state index contributed by atoms with van der Waals surface area (Å²) in [6, 6.07) is 6.52. The van der Waals surface area contributed by atoms with E-state index in [-0.39, 0.29) is 17.9 Å². The maximum absolute atomic E-state index is 12.0. The Balaban J connectivity index is 2.69. The second-order valence-corrected chi connectivity index (χ2v) is 3.40. The van der Waals surface area contributed by atoms with Crippen molar-refractivity contribution in [3.8, 4) is 5.75 Å². The number of ether oxygens (including phenoxy) is 1. The van der Waals surface area contributed by atoms with Crippen molar-refractivity contribution < 1.29 is 18.7 Å². The lowest BCUT2D eigenvalue weighted by Crippen LogP contribution is -2.16. The molecule has 1 heterocycles. The number of anilines is 1. The van der Waals surface area contributed by atoms with Gasteiger partial charge in [0.15, 0.2) is 0 Å². The number of benzene rings is 1. The number of hydrogen-bond acceptors (Lipinski definition) is 5. The molecular formula is C12H9NO5. The molecule has 6 heteroatoms. The Morgan fingerprint density at radius 2 is 2.11 bits per heavy atom. The van der Waals surface area contributed by atoms with Crippen molar-refractivity contribution in [2.45, 2.75) is 0 Å². The molecule has 0 radical (unpaired) electrons. The molecule has 0 bridgehead atoms. The number of carbonyl (C=O) groups is 2. The zero-order valence-corrected chi connectivity index (χ0v) is 9.43. The van der Waals surface area contributed by atoms with Gasteiger partial charge in [-0.05, 0) is 12.1 Å². The number of rotatable bonds is 3. The molecule has 0 aliphatic heterocycles. The van der Waals surface area contributed by atoms with Crippen molar-refractivity contribution in [3.05, 3.63) is 34.5 Å². The van der Waals surface area contributed by atoms with Crippen molar-refractivity contribution in [1.82, 2.24) is 0 Å². The summed E-state index contributed by atoms with van der Waals surface area (Å²) in [6.45, 7) is 0. The summed E-state index contributed by atoms with van der Waals surface area (Å²) in [7, 11) is 1.28. The van der Waals surface area contributed by atoms with Crippen LogP contribution in [0.1, 0.15) is 0 Å². The number of hydrogen-bond donors (Lipinski definition) is 1. The Kier molecular flexibility index (Phi) is 3.09. The topological polar surface area (TPSA) is 85.6 Å². The van der Waals surface area contributed by atoms with Gasteiger partial charge >= 0.3 is 0 Å². The summed E-state index contributed by atoms with van der Waals surface area (Å²) in [5.41, 5.74) is -0.120. The van der Waals surface area contributed by atoms with E-state index in [1.807, 2.05) is 0 Å². The second kappa shape index (κ2) is 4.70. The quantitative estimate of drug-likeness (QED) is 0.644. The first-order valence-electron chi connectivity index (χ1n) is 5.03. The standard InChI is InChI=1S/C12H9NO5/c1-17-11-10(16)7-4-2-3-5-8(7)18-12(11)13-9(15)6-14/h2-6H,1H3,(H,13,15). The van der Waals surface area contributed by atoms with Gasteiger partial charge in [-0.3, -0.25) is 19.7 Å². The zero-order valence-electron chi connectivity index (χ0n) is 9.43. The van der Waals surface area contributed by atoms with E-state index in [0.717, 1.165) is 0 Å². The van der Waals surface area contributed by atoms with Crippen LogP contribution in [-0.4, -0.2) is 19.3 Å². The van der Waals surface area contributed by atoms with Crippen LogP contribution >= 0.6 is 0 Å². The highest BCUT2D eigenvalue weighted by Gasteiger charge is 2.16. The van der Waals surface area contributed by atoms with Crippen LogP contribution in [-0.2, 0) is 9.59 Å². The van der Waals surface area contributed by atoms with E-state index in [0.29, 0.717) is 11.0 Å². The fourth-order valence-electron chi connectivity index (χ4n) is 1.53. The molecule has 0 fully saturated rings. The average molecular weight is 247 g/mol. The number of aldehydes is 1. The van der Waals surface area contributed by atoms with Crippen LogP contribution in [0.2, 0.25) is 0 Å². The molecule has 0 aliphatic carbocycles. The predicted molar refractivity (Wildman–Crippen MR) is 63.7 cm³/mol. The summed E-state index contributed by atoms with van der Waals surface area (Å²) in [6.07, 6.45) is 0.0780. The monoisotopic (exact) mass is 247 g/mol. The minimum atomic E-state index is -0.924. The molecule has 1 amide bonds. The highest BCUT2D eigenvalue weighted by atomic mass is 16.5. The average Bonchev–Trinajstić information content (AvgIpc) is 2.39. The number of methoxy groups -OCH3 is 1. The number of fused-ring (bicyclic) bond motifs is 1. The van der Waals surface area contributed by atoms with Crippen molar-refractivity contribution in [2.24, 2.45) is 0 Å². The molecule has 0 atom stereocenters. The second-order valence-electron chi connectivity index (χ2n) is 3.40. The molecule has 0 saturated carbocycles. The first-order valence-corrected chi connectivity index (χ1v) is 5.03. The highest BCUT2D eigenvalue weighted by molar-refractivity contribution is 6.29. The minimum absolute atomic E-state index is 0.0780. The summed E-state index contributed by atoms with van der Waals surface area (Å²) >= 11 is 0. The first-order chi connectivity index (χ1) is 8.67. The van der Waals surface area contributed by atoms with E-state index < -0.39 is 11.3 Å². The van der Waals surface area contributed by atoms with Crippen LogP contribution in [0.3, 0.4) is 0 Å². The van der Waals surface area contributed by atoms with E-state index in [1.165, 1.54) is 7.11 Å². The molecule has 0 saturated heterocycles. The smallest absolute Gasteiger partial charge is 0.290 e. The molecule has 1 aromatic carbocycles. The lowest BCUT2D eigenvalue weighted by Gasteiger charge is -2.07. The maximum atomic E-state index is 12.0. The molecule has 0 spiro atoms. The van der Waals surface area contributed by atoms with Gasteiger partial charge in [0.05, 0.1) is 12.5 Å². The number of carbonyl (C=O) groups excluding carboxylic acids is 2. The van der Waals surface area contributed by atoms with E-state index in [4.69, 9.17) is 9.15 Å². The third kappa shape index (κ3) is 1.95. The molecular weight excluding hydrogens is 238 g/mol. The highest BCUT2D eigenvalue weighted by Crippen LogP contribution is 2.24. The lowest BCUT2D eigenvalue weighted by molar-refractivity contribution is -0.127. The lowest BCUT2D eigenvalue weighted by atomic mass is 10.2. The molecule has 0 unspecified atom stereocenters. The van der Waals surface area contributed by atoms with Gasteiger partial charge in [0.1, 0.15) is 5.58 Å². The Labute approximate surface area is 101 Å². The summed E-state index contributed by atoms with van der Waals surface area (Å²) in [5.74, 6) is -1.26. The van der Waals surface area contributed by atoms with Crippen molar-refractivity contribution in [1.29, 1.82) is 0 Å². The van der Waals surface area contributed by atoms with Crippen LogP contribution in [0, 0.1) is 0 Å². The van der Waals surface area contributed by atoms with Gasteiger partial charge in [-0.15, -0.1) is 0 Å². The van der Waals surface area contributed by atoms with Crippen LogP contribution in [0.5, 0.6) is 5.75 Å². The van der Waals surface area contributed by atoms with Crippen molar-refractivity contribution in [2.75, 3.05) is 12.4 Å². The Morgan fingerprint density at radius 1 is 1.39 bits per heavy atom. The van der Waals surface area contributed by atoms with E-state index in [1.54, 1.807) is 24.3 Å². The van der Waals surface area contributed by atoms with Crippen LogP contribution in [0.25, 0.3) is 11.0 Å². The zero-order chi connectivity index (χ0) is 13.1. The normalized spacial score (nSPS) is 10.1. The van der Waals surface area contributed by atoms with Gasteiger partial charge in [0, 0.05) is 0 Å². The summed E-state index contributed by atoms with van der Waals surface area (Å²) in [5, 5.41) is 2.48. The third-order valence-corrected chi connectivity index (χ3v) is 2.30. The third-order valence-electron chi connectivity index (χ3n) is 2.30. The number of amides is 1. The van der Waals surface area contributed by atoms with E-state index in [9.17, 15) is 14.4 Å². The fraction of sp³-hybridized carbons (Fsp3) is 0.0833. The summed E-state index contributed by atoms with van der Waals surface area (Å²) < 4.78 is 10.2. The summed E-state index contributed by atoms with van der Waals surface area (Å²) in [4.78, 5) is 33.3. The molecule has 18 heavy (non-hydrogen) atoms. The molecule has 1 N–H and O–H groups in total.